The number of hydrogen-bond donors (Lipinski definition) is 2. The molecule has 5 nitrogen and oxygen atoms in total. The first kappa shape index (κ1) is 22.1. The Morgan fingerprint density at radius 3 is 2.13 bits per heavy atom. The van der Waals surface area contributed by atoms with Crippen molar-refractivity contribution < 1.29 is 23.8 Å². The van der Waals surface area contributed by atoms with E-state index in [1.165, 1.54) is 38.5 Å². The zero-order valence-corrected chi connectivity index (χ0v) is 15.2. The lowest BCUT2D eigenvalue weighted by Crippen LogP contribution is -2.20. The van der Waals surface area contributed by atoms with Gasteiger partial charge in [-0.3, -0.25) is 4.57 Å². The van der Waals surface area contributed by atoms with Gasteiger partial charge < -0.3 is 19.3 Å². The van der Waals surface area contributed by atoms with Gasteiger partial charge in [0.25, 0.3) is 0 Å². The Kier molecular flexibility index (Phi) is 15.4. The van der Waals surface area contributed by atoms with Crippen molar-refractivity contribution in [1.82, 2.24) is 0 Å². The molecule has 6 heteroatoms. The van der Waals surface area contributed by atoms with Gasteiger partial charge in [-0.1, -0.05) is 57.2 Å². The summed E-state index contributed by atoms with van der Waals surface area (Å²) < 4.78 is 20.3. The molecule has 0 spiro atoms. The van der Waals surface area contributed by atoms with Gasteiger partial charge in [-0.25, -0.2) is 0 Å². The van der Waals surface area contributed by atoms with Crippen LogP contribution in [0.15, 0.2) is 30.3 Å². The molecule has 0 bridgehead atoms. The maximum Gasteiger partial charge on any atom is 0.314 e. The average molecular weight is 346 g/mol. The van der Waals surface area contributed by atoms with Gasteiger partial charge in [0, 0.05) is 13.0 Å². The van der Waals surface area contributed by atoms with Crippen LogP contribution in [0.5, 0.6) is 5.75 Å². The fourth-order valence-corrected chi connectivity index (χ4v) is 2.10. The molecule has 0 radical (unpaired) electrons. The van der Waals surface area contributed by atoms with Crippen LogP contribution in [0, 0.1) is 0 Å². The minimum absolute atomic E-state index is 0.0985. The number of rotatable bonds is 11. The lowest BCUT2D eigenvalue weighted by Gasteiger charge is -2.18. The maximum atomic E-state index is 8.74. The Hall–Kier alpha value is -0.870. The van der Waals surface area contributed by atoms with Crippen LogP contribution in [-0.2, 0) is 9.30 Å². The fraction of sp³-hybridized carbons (Fsp3) is 0.647. The highest BCUT2D eigenvalue weighted by molar-refractivity contribution is 7.30. The van der Waals surface area contributed by atoms with Crippen molar-refractivity contribution in [3.8, 4) is 5.75 Å². The third kappa shape index (κ3) is 15.8. The van der Waals surface area contributed by atoms with E-state index >= 15 is 0 Å². The van der Waals surface area contributed by atoms with Crippen LogP contribution >= 0.6 is 8.25 Å². The topological polar surface area (TPSA) is 76.0 Å². The molecule has 0 heterocycles. The molecule has 0 amide bonds. The van der Waals surface area contributed by atoms with Crippen LogP contribution in [0.2, 0.25) is 0 Å². The second kappa shape index (κ2) is 16.0. The molecule has 0 aromatic heterocycles. The Morgan fingerprint density at radius 2 is 1.57 bits per heavy atom. The Bertz CT molecular complexity index is 382. The third-order valence-corrected chi connectivity index (χ3v) is 3.16. The van der Waals surface area contributed by atoms with E-state index in [1.807, 2.05) is 37.3 Å². The maximum absolute atomic E-state index is 8.74. The molecule has 134 valence electrons. The van der Waals surface area contributed by atoms with E-state index < -0.39 is 8.25 Å². The molecule has 2 N–H and O–H groups in total. The first-order valence-electron chi connectivity index (χ1n) is 8.35. The predicted octanol–water partition coefficient (Wildman–Crippen LogP) is 4.54. The third-order valence-electron chi connectivity index (χ3n) is 3.16. The standard InChI is InChI=1S/C17H28O2.H3O3P/c1-3-5-6-7-8-12-15-17(18-4-2)19-16-13-10-9-11-14-16;1-4(2)3/h9-11,13-14,17H,3-8,12,15H2,1-2H3;4H,(H2,1,2,3). The smallest absolute Gasteiger partial charge is 0.314 e. The van der Waals surface area contributed by atoms with Gasteiger partial charge in [-0.2, -0.15) is 0 Å². The van der Waals surface area contributed by atoms with E-state index in [9.17, 15) is 0 Å². The average Bonchev–Trinajstić information content (AvgIpc) is 2.51. The molecule has 1 aromatic carbocycles. The molecule has 0 aliphatic heterocycles. The molecule has 1 atom stereocenters. The highest BCUT2D eigenvalue weighted by atomic mass is 31.1. The molecular formula is C17H31O5P. The van der Waals surface area contributed by atoms with Crippen LogP contribution in [0.1, 0.15) is 58.8 Å². The lowest BCUT2D eigenvalue weighted by atomic mass is 10.1. The summed E-state index contributed by atoms with van der Waals surface area (Å²) in [5, 5.41) is 0. The van der Waals surface area contributed by atoms with E-state index in [2.05, 4.69) is 6.92 Å². The summed E-state index contributed by atoms with van der Waals surface area (Å²) in [5.41, 5.74) is 0. The van der Waals surface area contributed by atoms with E-state index in [0.717, 1.165) is 12.2 Å². The summed E-state index contributed by atoms with van der Waals surface area (Å²) in [7, 11) is -3.13. The summed E-state index contributed by atoms with van der Waals surface area (Å²) in [6.07, 6.45) is 8.69. The molecule has 0 saturated heterocycles. The number of unbranched alkanes of at least 4 members (excludes halogenated alkanes) is 5. The summed E-state index contributed by atoms with van der Waals surface area (Å²) in [6.45, 7) is 4.97. The molecule has 0 fully saturated rings. The Morgan fingerprint density at radius 1 is 1.00 bits per heavy atom. The second-order valence-electron chi connectivity index (χ2n) is 5.15. The number of hydrogen-bond acceptors (Lipinski definition) is 3. The SMILES string of the molecule is CCCCCCCCC(OCC)Oc1ccccc1.O=[PH](O)O. The summed E-state index contributed by atoms with van der Waals surface area (Å²) in [6, 6.07) is 9.93. The Balaban J connectivity index is 0.00000108. The van der Waals surface area contributed by atoms with E-state index in [-0.39, 0.29) is 6.29 Å². The van der Waals surface area contributed by atoms with Gasteiger partial charge >= 0.3 is 8.25 Å². The quantitative estimate of drug-likeness (QED) is 0.349. The molecule has 1 unspecified atom stereocenters. The van der Waals surface area contributed by atoms with Gasteiger partial charge in [0.05, 0.1) is 0 Å². The molecule has 1 rings (SSSR count). The first-order valence-corrected chi connectivity index (χ1v) is 9.65. The number of para-hydroxylation sites is 1. The van der Waals surface area contributed by atoms with Crippen molar-refractivity contribution >= 4 is 8.25 Å². The van der Waals surface area contributed by atoms with E-state index in [4.69, 9.17) is 23.8 Å². The minimum atomic E-state index is -3.13. The molecule has 0 saturated carbocycles. The summed E-state index contributed by atoms with van der Waals surface area (Å²) in [4.78, 5) is 14.3. The second-order valence-corrected chi connectivity index (χ2v) is 5.72. The molecule has 0 aliphatic carbocycles. The largest absolute Gasteiger partial charge is 0.465 e. The van der Waals surface area contributed by atoms with E-state index in [1.54, 1.807) is 0 Å². The van der Waals surface area contributed by atoms with Gasteiger partial charge in [-0.05, 0) is 25.5 Å². The van der Waals surface area contributed by atoms with Crippen molar-refractivity contribution in [3.05, 3.63) is 30.3 Å². The number of benzene rings is 1. The van der Waals surface area contributed by atoms with Crippen LogP contribution < -0.4 is 4.74 Å². The highest BCUT2D eigenvalue weighted by Gasteiger charge is 2.09. The summed E-state index contributed by atoms with van der Waals surface area (Å²) in [5.74, 6) is 0.895. The summed E-state index contributed by atoms with van der Waals surface area (Å²) >= 11 is 0. The van der Waals surface area contributed by atoms with Crippen LogP contribution in [0.3, 0.4) is 0 Å². The fourth-order valence-electron chi connectivity index (χ4n) is 2.10. The zero-order valence-electron chi connectivity index (χ0n) is 14.2. The predicted molar refractivity (Wildman–Crippen MR) is 93.9 cm³/mol. The number of ether oxygens (including phenoxy) is 2. The highest BCUT2D eigenvalue weighted by Crippen LogP contribution is 2.16. The van der Waals surface area contributed by atoms with Crippen LogP contribution in [0.4, 0.5) is 0 Å². The van der Waals surface area contributed by atoms with Crippen molar-refractivity contribution in [3.63, 3.8) is 0 Å². The zero-order chi connectivity index (χ0) is 17.3. The lowest BCUT2D eigenvalue weighted by molar-refractivity contribution is -0.0808. The first-order chi connectivity index (χ1) is 11.1. The van der Waals surface area contributed by atoms with Crippen molar-refractivity contribution in [1.29, 1.82) is 0 Å². The van der Waals surface area contributed by atoms with E-state index in [0.29, 0.717) is 6.61 Å². The van der Waals surface area contributed by atoms with Crippen molar-refractivity contribution in [2.75, 3.05) is 6.61 Å². The molecule has 23 heavy (non-hydrogen) atoms. The monoisotopic (exact) mass is 346 g/mol. The molecule has 0 aliphatic rings. The Labute approximate surface area is 140 Å². The van der Waals surface area contributed by atoms with Gasteiger partial charge in [0.15, 0.2) is 6.29 Å². The minimum Gasteiger partial charge on any atom is -0.465 e. The van der Waals surface area contributed by atoms with Gasteiger partial charge in [0.1, 0.15) is 5.75 Å². The van der Waals surface area contributed by atoms with Crippen molar-refractivity contribution in [2.45, 2.75) is 65.1 Å². The molecule has 1 aromatic rings. The van der Waals surface area contributed by atoms with Gasteiger partial charge in [0.2, 0.25) is 0 Å². The van der Waals surface area contributed by atoms with Gasteiger partial charge in [-0.15, -0.1) is 0 Å². The normalized spacial score (nSPS) is 11.7. The van der Waals surface area contributed by atoms with Crippen LogP contribution in [-0.4, -0.2) is 22.7 Å². The van der Waals surface area contributed by atoms with Crippen LogP contribution in [0.25, 0.3) is 0 Å². The molecular weight excluding hydrogens is 315 g/mol. The van der Waals surface area contributed by atoms with Crippen molar-refractivity contribution in [2.24, 2.45) is 0 Å².